The molecule has 1 rings (SSSR count). The topological polar surface area (TPSA) is 6.48 Å². The highest BCUT2D eigenvalue weighted by Gasteiger charge is 2.21. The Morgan fingerprint density at radius 2 is 2.17 bits per heavy atom. The lowest BCUT2D eigenvalue weighted by atomic mass is 10.3. The van der Waals surface area contributed by atoms with Crippen molar-refractivity contribution in [1.82, 2.24) is 9.80 Å². The normalized spacial score (nSPS) is 23.3. The fourth-order valence-electron chi connectivity index (χ4n) is 1.55. The average Bonchev–Trinajstić information content (AvgIpc) is 2.30. The van der Waals surface area contributed by atoms with Crippen molar-refractivity contribution >= 4 is 0 Å². The Hall–Kier alpha value is -0.660. The molecule has 12 heavy (non-hydrogen) atoms. The van der Waals surface area contributed by atoms with Gasteiger partial charge in [0.05, 0.1) is 6.17 Å². The molecule has 70 valence electrons. The van der Waals surface area contributed by atoms with E-state index in [0.717, 1.165) is 0 Å². The maximum atomic E-state index is 2.42. The second-order valence-electron chi connectivity index (χ2n) is 3.60. The molecular formula is C10H20N2. The zero-order chi connectivity index (χ0) is 9.14. The molecule has 0 amide bonds. The predicted octanol–water partition coefficient (Wildman–Crippen LogP) is 2.24. The van der Waals surface area contributed by atoms with Crippen LogP contribution in [0, 0.1) is 0 Å². The molecular weight excluding hydrogens is 148 g/mol. The van der Waals surface area contributed by atoms with Crippen molar-refractivity contribution in [2.75, 3.05) is 13.6 Å². The summed E-state index contributed by atoms with van der Waals surface area (Å²) in [6.45, 7) is 7.85. The highest BCUT2D eigenvalue weighted by molar-refractivity contribution is 5.04. The molecule has 0 radical (unpaired) electrons. The standard InChI is InChI=1S/C10H20N2/c1-5-6-7-12-8-9(2)11(4)10(12)3/h8,10H,5-7H2,1-4H3. The van der Waals surface area contributed by atoms with Crippen LogP contribution >= 0.6 is 0 Å². The SMILES string of the molecule is CCCCN1C=C(C)N(C)C1C. The Morgan fingerprint density at radius 3 is 2.58 bits per heavy atom. The van der Waals surface area contributed by atoms with Crippen molar-refractivity contribution in [3.05, 3.63) is 11.9 Å². The van der Waals surface area contributed by atoms with E-state index in [4.69, 9.17) is 0 Å². The molecule has 1 aliphatic heterocycles. The minimum atomic E-state index is 0.552. The molecule has 0 saturated carbocycles. The Bertz CT molecular complexity index is 175. The fraction of sp³-hybridized carbons (Fsp3) is 0.800. The molecule has 0 aromatic carbocycles. The molecule has 0 aromatic heterocycles. The predicted molar refractivity (Wildman–Crippen MR) is 52.6 cm³/mol. The van der Waals surface area contributed by atoms with Crippen LogP contribution in [0.15, 0.2) is 11.9 Å². The average molecular weight is 168 g/mol. The fourth-order valence-corrected chi connectivity index (χ4v) is 1.55. The maximum Gasteiger partial charge on any atom is 0.0977 e. The van der Waals surface area contributed by atoms with Gasteiger partial charge in [-0.2, -0.15) is 0 Å². The van der Waals surface area contributed by atoms with E-state index in [9.17, 15) is 0 Å². The summed E-state index contributed by atoms with van der Waals surface area (Å²) >= 11 is 0. The van der Waals surface area contributed by atoms with Crippen molar-refractivity contribution in [2.24, 2.45) is 0 Å². The zero-order valence-corrected chi connectivity index (χ0v) is 8.67. The van der Waals surface area contributed by atoms with Crippen LogP contribution in [0.4, 0.5) is 0 Å². The van der Waals surface area contributed by atoms with E-state index in [1.165, 1.54) is 25.1 Å². The smallest absolute Gasteiger partial charge is 0.0977 e. The van der Waals surface area contributed by atoms with Crippen molar-refractivity contribution in [2.45, 2.75) is 39.8 Å². The molecule has 0 N–H and O–H groups in total. The van der Waals surface area contributed by atoms with Gasteiger partial charge in [0.25, 0.3) is 0 Å². The first-order valence-electron chi connectivity index (χ1n) is 4.83. The van der Waals surface area contributed by atoms with E-state index < -0.39 is 0 Å². The molecule has 1 aliphatic rings. The Morgan fingerprint density at radius 1 is 1.50 bits per heavy atom. The van der Waals surface area contributed by atoms with Crippen LogP contribution in [0.1, 0.15) is 33.6 Å². The summed E-state index contributed by atoms with van der Waals surface area (Å²) in [5.41, 5.74) is 1.37. The van der Waals surface area contributed by atoms with Crippen molar-refractivity contribution in [1.29, 1.82) is 0 Å². The summed E-state index contributed by atoms with van der Waals surface area (Å²) in [7, 11) is 2.16. The van der Waals surface area contributed by atoms with E-state index in [-0.39, 0.29) is 0 Å². The minimum absolute atomic E-state index is 0.552. The Labute approximate surface area is 75.8 Å². The molecule has 2 nitrogen and oxygen atoms in total. The molecule has 2 heteroatoms. The largest absolute Gasteiger partial charge is 0.357 e. The summed E-state index contributed by atoms with van der Waals surface area (Å²) in [6, 6.07) is 0. The second-order valence-corrected chi connectivity index (χ2v) is 3.60. The van der Waals surface area contributed by atoms with Gasteiger partial charge < -0.3 is 9.80 Å². The van der Waals surface area contributed by atoms with Gasteiger partial charge in [0.15, 0.2) is 0 Å². The Balaban J connectivity index is 2.46. The van der Waals surface area contributed by atoms with E-state index in [2.05, 4.69) is 43.8 Å². The van der Waals surface area contributed by atoms with Crippen LogP contribution < -0.4 is 0 Å². The van der Waals surface area contributed by atoms with Gasteiger partial charge in [0.1, 0.15) is 0 Å². The van der Waals surface area contributed by atoms with Crippen LogP contribution in [0.25, 0.3) is 0 Å². The molecule has 0 bridgehead atoms. The first-order chi connectivity index (χ1) is 5.66. The molecule has 1 heterocycles. The molecule has 1 unspecified atom stereocenters. The van der Waals surface area contributed by atoms with E-state index >= 15 is 0 Å². The van der Waals surface area contributed by atoms with Crippen molar-refractivity contribution in [3.63, 3.8) is 0 Å². The highest BCUT2D eigenvalue weighted by Crippen LogP contribution is 2.19. The van der Waals surface area contributed by atoms with Gasteiger partial charge in [-0.1, -0.05) is 13.3 Å². The first kappa shape index (κ1) is 9.43. The van der Waals surface area contributed by atoms with Crippen molar-refractivity contribution < 1.29 is 0 Å². The lowest BCUT2D eigenvalue weighted by Crippen LogP contribution is -2.34. The summed E-state index contributed by atoms with van der Waals surface area (Å²) in [4.78, 5) is 4.73. The van der Waals surface area contributed by atoms with Crippen LogP contribution in [0.3, 0.4) is 0 Å². The molecule has 0 aromatic rings. The number of nitrogens with zero attached hydrogens (tertiary/aromatic N) is 2. The number of rotatable bonds is 3. The summed E-state index contributed by atoms with van der Waals surface area (Å²) in [5, 5.41) is 0. The first-order valence-corrected chi connectivity index (χ1v) is 4.83. The van der Waals surface area contributed by atoms with Gasteiger partial charge in [0.2, 0.25) is 0 Å². The van der Waals surface area contributed by atoms with Crippen LogP contribution in [0.2, 0.25) is 0 Å². The number of hydrogen-bond donors (Lipinski definition) is 0. The lowest BCUT2D eigenvalue weighted by molar-refractivity contribution is 0.186. The highest BCUT2D eigenvalue weighted by atomic mass is 15.4. The molecule has 0 aliphatic carbocycles. The quantitative estimate of drug-likeness (QED) is 0.637. The van der Waals surface area contributed by atoms with Crippen LogP contribution in [-0.4, -0.2) is 29.6 Å². The van der Waals surface area contributed by atoms with Gasteiger partial charge in [0, 0.05) is 25.5 Å². The van der Waals surface area contributed by atoms with Crippen LogP contribution in [0.5, 0.6) is 0 Å². The third-order valence-electron chi connectivity index (χ3n) is 2.72. The van der Waals surface area contributed by atoms with Gasteiger partial charge >= 0.3 is 0 Å². The van der Waals surface area contributed by atoms with Gasteiger partial charge in [-0.05, 0) is 20.3 Å². The van der Waals surface area contributed by atoms with Gasteiger partial charge in [-0.25, -0.2) is 0 Å². The second kappa shape index (κ2) is 3.83. The van der Waals surface area contributed by atoms with Gasteiger partial charge in [-0.15, -0.1) is 0 Å². The van der Waals surface area contributed by atoms with Crippen LogP contribution in [-0.2, 0) is 0 Å². The number of hydrogen-bond acceptors (Lipinski definition) is 2. The third kappa shape index (κ3) is 1.74. The minimum Gasteiger partial charge on any atom is -0.357 e. The number of allylic oxidation sites excluding steroid dienone is 1. The van der Waals surface area contributed by atoms with Crippen molar-refractivity contribution in [3.8, 4) is 0 Å². The van der Waals surface area contributed by atoms with E-state index in [1.807, 2.05) is 0 Å². The summed E-state index contributed by atoms with van der Waals surface area (Å²) in [5.74, 6) is 0. The third-order valence-corrected chi connectivity index (χ3v) is 2.72. The zero-order valence-electron chi connectivity index (χ0n) is 8.67. The maximum absolute atomic E-state index is 2.42. The molecule has 1 atom stereocenters. The van der Waals surface area contributed by atoms with Gasteiger partial charge in [-0.3, -0.25) is 0 Å². The summed E-state index contributed by atoms with van der Waals surface area (Å²) < 4.78 is 0. The van der Waals surface area contributed by atoms with E-state index in [1.54, 1.807) is 0 Å². The monoisotopic (exact) mass is 168 g/mol. The lowest BCUT2D eigenvalue weighted by Gasteiger charge is -2.27. The molecule has 0 spiro atoms. The number of unbranched alkanes of at least 4 members (excludes halogenated alkanes) is 1. The van der Waals surface area contributed by atoms with E-state index in [0.29, 0.717) is 6.17 Å². The Kier molecular flexibility index (Phi) is 3.01. The summed E-state index contributed by atoms with van der Waals surface area (Å²) in [6.07, 6.45) is 5.39. The molecule has 0 saturated heterocycles. The molecule has 0 fully saturated rings.